The molecule has 6 nitrogen and oxygen atoms in total. The molecule has 0 spiro atoms. The number of nitrogens with zero attached hydrogens (tertiary/aromatic N) is 4. The van der Waals surface area contributed by atoms with Crippen LogP contribution in [0.4, 0.5) is 14.7 Å². The van der Waals surface area contributed by atoms with Gasteiger partial charge in [-0.25, -0.2) is 18.7 Å². The number of hydrogen-bond acceptors (Lipinski definition) is 5. The zero-order valence-corrected chi connectivity index (χ0v) is 14.5. The lowest BCUT2D eigenvalue weighted by molar-refractivity contribution is -0.123. The van der Waals surface area contributed by atoms with E-state index in [0.717, 1.165) is 19.2 Å². The third-order valence-electron chi connectivity index (χ3n) is 4.38. The van der Waals surface area contributed by atoms with Crippen LogP contribution >= 0.6 is 0 Å². The predicted octanol–water partition coefficient (Wildman–Crippen LogP) is 1.75. The maximum atomic E-state index is 13.8. The molecule has 1 aromatic carbocycles. The molecular formula is C18H21F2N5O. The molecule has 1 atom stereocenters. The standard InChI is InChI=1S/C18H21F2N5O/c1-13(15-4-3-14(19)11-16(15)20)23-17(26)12-24-7-9-25(10-8-24)18-21-5-2-6-22-18/h2-6,11,13H,7-10,12H2,1H3,(H,23,26)/t13-/m0/s1. The highest BCUT2D eigenvalue weighted by atomic mass is 19.1. The van der Waals surface area contributed by atoms with E-state index in [-0.39, 0.29) is 18.0 Å². The van der Waals surface area contributed by atoms with Gasteiger partial charge in [0.1, 0.15) is 11.6 Å². The summed E-state index contributed by atoms with van der Waals surface area (Å²) >= 11 is 0. The molecule has 2 heterocycles. The molecule has 8 heteroatoms. The Balaban J connectivity index is 1.48. The van der Waals surface area contributed by atoms with Gasteiger partial charge in [0.2, 0.25) is 11.9 Å². The SMILES string of the molecule is C[C@H](NC(=O)CN1CCN(c2ncccn2)CC1)c1ccc(F)cc1F. The second-order valence-corrected chi connectivity index (χ2v) is 6.27. The van der Waals surface area contributed by atoms with Crippen LogP contribution in [0.15, 0.2) is 36.7 Å². The quantitative estimate of drug-likeness (QED) is 0.879. The first-order valence-corrected chi connectivity index (χ1v) is 8.51. The van der Waals surface area contributed by atoms with E-state index in [1.54, 1.807) is 25.4 Å². The van der Waals surface area contributed by atoms with E-state index in [4.69, 9.17) is 0 Å². The molecule has 1 amide bonds. The number of anilines is 1. The summed E-state index contributed by atoms with van der Waals surface area (Å²) in [6.45, 7) is 4.81. The van der Waals surface area contributed by atoms with Crippen LogP contribution in [-0.2, 0) is 4.79 Å². The number of carbonyl (C=O) groups is 1. The number of nitrogens with one attached hydrogen (secondary N) is 1. The maximum absolute atomic E-state index is 13.8. The summed E-state index contributed by atoms with van der Waals surface area (Å²) in [4.78, 5) is 24.8. The summed E-state index contributed by atoms with van der Waals surface area (Å²) in [5.74, 6) is -0.790. The number of piperazine rings is 1. The van der Waals surface area contributed by atoms with Crippen LogP contribution in [0, 0.1) is 11.6 Å². The van der Waals surface area contributed by atoms with Crippen LogP contribution in [-0.4, -0.2) is 53.5 Å². The summed E-state index contributed by atoms with van der Waals surface area (Å²) in [6, 6.07) is 4.61. The molecule has 1 saturated heterocycles. The minimum absolute atomic E-state index is 0.189. The van der Waals surface area contributed by atoms with Crippen LogP contribution in [0.25, 0.3) is 0 Å². The van der Waals surface area contributed by atoms with Crippen molar-refractivity contribution in [2.45, 2.75) is 13.0 Å². The molecule has 0 unspecified atom stereocenters. The summed E-state index contributed by atoms with van der Waals surface area (Å²) in [7, 11) is 0. The third-order valence-corrected chi connectivity index (χ3v) is 4.38. The monoisotopic (exact) mass is 361 g/mol. The van der Waals surface area contributed by atoms with Crippen molar-refractivity contribution in [1.82, 2.24) is 20.2 Å². The third kappa shape index (κ3) is 4.51. The highest BCUT2D eigenvalue weighted by Gasteiger charge is 2.21. The Morgan fingerprint density at radius 2 is 1.88 bits per heavy atom. The molecule has 26 heavy (non-hydrogen) atoms. The highest BCUT2D eigenvalue weighted by molar-refractivity contribution is 5.78. The topological polar surface area (TPSA) is 61.4 Å². The maximum Gasteiger partial charge on any atom is 0.234 e. The normalized spacial score (nSPS) is 16.3. The van der Waals surface area contributed by atoms with E-state index in [1.165, 1.54) is 12.1 Å². The Kier molecular flexibility index (Phi) is 5.72. The number of halogens is 2. The number of hydrogen-bond donors (Lipinski definition) is 1. The lowest BCUT2D eigenvalue weighted by Gasteiger charge is -2.34. The Labute approximate surface area is 150 Å². The van der Waals surface area contributed by atoms with Crippen LogP contribution in [0.1, 0.15) is 18.5 Å². The van der Waals surface area contributed by atoms with Gasteiger partial charge in [0.05, 0.1) is 12.6 Å². The number of aromatic nitrogens is 2. The molecule has 138 valence electrons. The molecule has 3 rings (SSSR count). The Morgan fingerprint density at radius 1 is 1.19 bits per heavy atom. The van der Waals surface area contributed by atoms with E-state index in [9.17, 15) is 13.6 Å². The van der Waals surface area contributed by atoms with Gasteiger partial charge in [-0.15, -0.1) is 0 Å². The zero-order valence-electron chi connectivity index (χ0n) is 14.5. The molecule has 1 fully saturated rings. The molecule has 0 bridgehead atoms. The molecule has 0 aliphatic carbocycles. The molecule has 1 aliphatic heterocycles. The van der Waals surface area contributed by atoms with Crippen molar-refractivity contribution in [2.75, 3.05) is 37.6 Å². The first kappa shape index (κ1) is 18.2. The minimum Gasteiger partial charge on any atom is -0.348 e. The van der Waals surface area contributed by atoms with Gasteiger partial charge in [-0.1, -0.05) is 6.07 Å². The lowest BCUT2D eigenvalue weighted by Crippen LogP contribution is -2.50. The van der Waals surface area contributed by atoms with Crippen molar-refractivity contribution in [3.63, 3.8) is 0 Å². The number of carbonyl (C=O) groups excluding carboxylic acids is 1. The van der Waals surface area contributed by atoms with Crippen LogP contribution in [0.3, 0.4) is 0 Å². The summed E-state index contributed by atoms with van der Waals surface area (Å²) in [5, 5.41) is 2.77. The Bertz CT molecular complexity index is 751. The number of rotatable bonds is 5. The summed E-state index contributed by atoms with van der Waals surface area (Å²) in [6.07, 6.45) is 3.41. The van der Waals surface area contributed by atoms with E-state index >= 15 is 0 Å². The fourth-order valence-corrected chi connectivity index (χ4v) is 2.98. The predicted molar refractivity (Wildman–Crippen MR) is 93.6 cm³/mol. The van der Waals surface area contributed by atoms with Crippen LogP contribution in [0.5, 0.6) is 0 Å². The second kappa shape index (κ2) is 8.18. The Hall–Kier alpha value is -2.61. The van der Waals surface area contributed by atoms with Gasteiger partial charge in [-0.2, -0.15) is 0 Å². The lowest BCUT2D eigenvalue weighted by atomic mass is 10.1. The zero-order chi connectivity index (χ0) is 18.5. The van der Waals surface area contributed by atoms with Crippen molar-refractivity contribution in [3.05, 3.63) is 53.9 Å². The Morgan fingerprint density at radius 3 is 2.54 bits per heavy atom. The average Bonchev–Trinajstić information content (AvgIpc) is 2.63. The fraction of sp³-hybridized carbons (Fsp3) is 0.389. The molecule has 1 aromatic heterocycles. The van der Waals surface area contributed by atoms with E-state index in [0.29, 0.717) is 19.0 Å². The van der Waals surface area contributed by atoms with Crippen molar-refractivity contribution in [3.8, 4) is 0 Å². The smallest absolute Gasteiger partial charge is 0.234 e. The largest absolute Gasteiger partial charge is 0.348 e. The van der Waals surface area contributed by atoms with Crippen molar-refractivity contribution >= 4 is 11.9 Å². The molecule has 0 radical (unpaired) electrons. The van der Waals surface area contributed by atoms with Gasteiger partial charge in [-0.3, -0.25) is 9.69 Å². The summed E-state index contributed by atoms with van der Waals surface area (Å²) in [5.41, 5.74) is 0.269. The molecule has 0 saturated carbocycles. The van der Waals surface area contributed by atoms with E-state index in [2.05, 4.69) is 20.2 Å². The van der Waals surface area contributed by atoms with Gasteiger partial charge in [0.15, 0.2) is 0 Å². The van der Waals surface area contributed by atoms with Crippen molar-refractivity contribution < 1.29 is 13.6 Å². The number of amides is 1. The first-order chi connectivity index (χ1) is 12.5. The number of benzene rings is 1. The van der Waals surface area contributed by atoms with E-state index < -0.39 is 17.7 Å². The molecule has 1 aliphatic rings. The van der Waals surface area contributed by atoms with Crippen LogP contribution < -0.4 is 10.2 Å². The molecule has 2 aromatic rings. The average molecular weight is 361 g/mol. The highest BCUT2D eigenvalue weighted by Crippen LogP contribution is 2.17. The van der Waals surface area contributed by atoms with Gasteiger partial charge in [-0.05, 0) is 19.1 Å². The molecular weight excluding hydrogens is 340 g/mol. The summed E-state index contributed by atoms with van der Waals surface area (Å²) < 4.78 is 26.8. The fourth-order valence-electron chi connectivity index (χ4n) is 2.98. The molecule has 1 N–H and O–H groups in total. The van der Waals surface area contributed by atoms with Crippen molar-refractivity contribution in [1.29, 1.82) is 0 Å². The van der Waals surface area contributed by atoms with Crippen LogP contribution in [0.2, 0.25) is 0 Å². The second-order valence-electron chi connectivity index (χ2n) is 6.27. The van der Waals surface area contributed by atoms with Gasteiger partial charge in [0, 0.05) is 50.2 Å². The first-order valence-electron chi connectivity index (χ1n) is 8.51. The van der Waals surface area contributed by atoms with E-state index in [1.807, 2.05) is 4.90 Å². The van der Waals surface area contributed by atoms with Gasteiger partial charge in [0.25, 0.3) is 0 Å². The van der Waals surface area contributed by atoms with Gasteiger partial charge < -0.3 is 10.2 Å². The van der Waals surface area contributed by atoms with Crippen molar-refractivity contribution in [2.24, 2.45) is 0 Å². The van der Waals surface area contributed by atoms with Gasteiger partial charge >= 0.3 is 0 Å². The minimum atomic E-state index is -0.658.